The first-order chi connectivity index (χ1) is 7.31. The summed E-state index contributed by atoms with van der Waals surface area (Å²) in [4.78, 5) is 8.28. The highest BCUT2D eigenvalue weighted by atomic mass is 16.5. The Hall–Kier alpha value is -1.78. The van der Waals surface area contributed by atoms with E-state index in [1.165, 1.54) is 0 Å². The molecule has 0 atom stereocenters. The number of aromatic nitrogens is 3. The van der Waals surface area contributed by atoms with E-state index < -0.39 is 0 Å². The van der Waals surface area contributed by atoms with E-state index in [2.05, 4.69) is 16.9 Å². The first kappa shape index (κ1) is 9.76. The van der Waals surface area contributed by atoms with Crippen LogP contribution in [0.3, 0.4) is 0 Å². The lowest BCUT2D eigenvalue weighted by molar-refractivity contribution is 0.300. The molecule has 0 saturated carbocycles. The van der Waals surface area contributed by atoms with Crippen LogP contribution in [0.2, 0.25) is 0 Å². The van der Waals surface area contributed by atoms with Gasteiger partial charge in [-0.05, 0) is 6.42 Å². The lowest BCUT2D eigenvalue weighted by atomic mass is 10.4. The third-order valence-corrected chi connectivity index (χ3v) is 2.10. The maximum Gasteiger partial charge on any atom is 0.260 e. The Morgan fingerprint density at radius 2 is 2.40 bits per heavy atom. The van der Waals surface area contributed by atoms with Gasteiger partial charge in [-0.2, -0.15) is 4.98 Å². The molecular weight excluding hydrogens is 192 g/mol. The van der Waals surface area contributed by atoms with Gasteiger partial charge in [0.1, 0.15) is 5.82 Å². The van der Waals surface area contributed by atoms with E-state index in [0.29, 0.717) is 24.0 Å². The minimum Gasteiger partial charge on any atom is -0.475 e. The summed E-state index contributed by atoms with van der Waals surface area (Å²) in [7, 11) is 0. The molecule has 2 aromatic heterocycles. The summed E-state index contributed by atoms with van der Waals surface area (Å²) < 4.78 is 7.33. The Morgan fingerprint density at radius 3 is 3.20 bits per heavy atom. The molecule has 80 valence electrons. The van der Waals surface area contributed by atoms with E-state index in [-0.39, 0.29) is 0 Å². The van der Waals surface area contributed by atoms with Crippen molar-refractivity contribution in [2.45, 2.75) is 19.8 Å². The van der Waals surface area contributed by atoms with Crippen molar-refractivity contribution in [3.8, 4) is 5.88 Å². The smallest absolute Gasteiger partial charge is 0.260 e. The van der Waals surface area contributed by atoms with Crippen molar-refractivity contribution in [2.24, 2.45) is 0 Å². The molecule has 0 amide bonds. The minimum atomic E-state index is 0.437. The molecule has 0 aliphatic carbocycles. The summed E-state index contributed by atoms with van der Waals surface area (Å²) in [6.45, 7) is 2.76. The van der Waals surface area contributed by atoms with Crippen molar-refractivity contribution >= 4 is 11.5 Å². The van der Waals surface area contributed by atoms with E-state index in [9.17, 15) is 0 Å². The van der Waals surface area contributed by atoms with Gasteiger partial charge in [-0.3, -0.25) is 4.40 Å². The highest BCUT2D eigenvalue weighted by Gasteiger charge is 2.06. The van der Waals surface area contributed by atoms with Crippen molar-refractivity contribution in [3.63, 3.8) is 0 Å². The molecule has 2 N–H and O–H groups in total. The molecule has 2 rings (SSSR count). The van der Waals surface area contributed by atoms with Crippen LogP contribution in [0.1, 0.15) is 19.8 Å². The first-order valence-corrected chi connectivity index (χ1v) is 5.03. The fourth-order valence-electron chi connectivity index (χ4n) is 1.33. The molecule has 2 aromatic rings. The average Bonchev–Trinajstić information content (AvgIpc) is 2.65. The topological polar surface area (TPSA) is 65.4 Å². The molecule has 0 aromatic carbocycles. The van der Waals surface area contributed by atoms with E-state index in [1.54, 1.807) is 12.4 Å². The van der Waals surface area contributed by atoms with Crippen LogP contribution in [0, 0.1) is 0 Å². The molecule has 5 heteroatoms. The number of nitrogens with zero attached hydrogens (tertiary/aromatic N) is 3. The third-order valence-electron chi connectivity index (χ3n) is 2.10. The minimum absolute atomic E-state index is 0.437. The van der Waals surface area contributed by atoms with Crippen molar-refractivity contribution in [1.82, 2.24) is 14.4 Å². The number of ether oxygens (including phenoxy) is 1. The van der Waals surface area contributed by atoms with Crippen LogP contribution in [-0.4, -0.2) is 21.0 Å². The number of rotatable bonds is 4. The quantitative estimate of drug-likeness (QED) is 0.770. The predicted octanol–water partition coefficient (Wildman–Crippen LogP) is 1.49. The SMILES string of the molecule is CCCCOc1nc(N)cn2ccnc12. The second-order valence-corrected chi connectivity index (χ2v) is 3.33. The Labute approximate surface area is 87.9 Å². The monoisotopic (exact) mass is 206 g/mol. The number of unbranched alkanes of at least 4 members (excludes halogenated alkanes) is 1. The van der Waals surface area contributed by atoms with E-state index >= 15 is 0 Å². The Morgan fingerprint density at radius 1 is 1.53 bits per heavy atom. The first-order valence-electron chi connectivity index (χ1n) is 5.03. The number of nitrogens with two attached hydrogens (primary N) is 1. The largest absolute Gasteiger partial charge is 0.475 e. The zero-order chi connectivity index (χ0) is 10.7. The summed E-state index contributed by atoms with van der Waals surface area (Å²) >= 11 is 0. The molecule has 0 bridgehead atoms. The summed E-state index contributed by atoms with van der Waals surface area (Å²) in [6.07, 6.45) is 7.33. The highest BCUT2D eigenvalue weighted by Crippen LogP contribution is 2.17. The third kappa shape index (κ3) is 2.01. The molecule has 0 radical (unpaired) electrons. The van der Waals surface area contributed by atoms with Gasteiger partial charge in [0, 0.05) is 12.4 Å². The van der Waals surface area contributed by atoms with Gasteiger partial charge in [-0.15, -0.1) is 0 Å². The summed E-state index contributed by atoms with van der Waals surface area (Å²) in [5.74, 6) is 0.945. The molecule has 2 heterocycles. The van der Waals surface area contributed by atoms with Crippen LogP contribution in [0.5, 0.6) is 5.88 Å². The van der Waals surface area contributed by atoms with Gasteiger partial charge in [0.15, 0.2) is 0 Å². The van der Waals surface area contributed by atoms with Gasteiger partial charge in [0.2, 0.25) is 5.65 Å². The van der Waals surface area contributed by atoms with Gasteiger partial charge in [-0.1, -0.05) is 13.3 Å². The number of imidazole rings is 1. The maximum atomic E-state index is 5.65. The fourth-order valence-corrected chi connectivity index (χ4v) is 1.33. The number of hydrogen-bond donors (Lipinski definition) is 1. The van der Waals surface area contributed by atoms with Crippen LogP contribution in [0.4, 0.5) is 5.82 Å². The molecule has 0 saturated heterocycles. The molecule has 15 heavy (non-hydrogen) atoms. The Balaban J connectivity index is 2.27. The Bertz CT molecular complexity index is 452. The second kappa shape index (κ2) is 4.16. The van der Waals surface area contributed by atoms with Crippen LogP contribution in [0.15, 0.2) is 18.6 Å². The van der Waals surface area contributed by atoms with E-state index in [1.807, 2.05) is 10.6 Å². The van der Waals surface area contributed by atoms with Crippen molar-refractivity contribution in [1.29, 1.82) is 0 Å². The standard InChI is InChI=1S/C10H14N4O/c1-2-3-6-15-10-9-12-4-5-14(9)7-8(11)13-10/h4-5,7H,2-3,6,11H2,1H3. The zero-order valence-corrected chi connectivity index (χ0v) is 8.68. The van der Waals surface area contributed by atoms with Crippen molar-refractivity contribution in [3.05, 3.63) is 18.6 Å². The van der Waals surface area contributed by atoms with Gasteiger partial charge in [-0.25, -0.2) is 4.98 Å². The predicted molar refractivity (Wildman–Crippen MR) is 57.8 cm³/mol. The fraction of sp³-hybridized carbons (Fsp3) is 0.400. The van der Waals surface area contributed by atoms with Gasteiger partial charge < -0.3 is 10.5 Å². The van der Waals surface area contributed by atoms with Crippen LogP contribution in [0.25, 0.3) is 5.65 Å². The van der Waals surface area contributed by atoms with Crippen LogP contribution >= 0.6 is 0 Å². The van der Waals surface area contributed by atoms with Crippen molar-refractivity contribution in [2.75, 3.05) is 12.3 Å². The molecule has 0 unspecified atom stereocenters. The van der Waals surface area contributed by atoms with Crippen LogP contribution in [-0.2, 0) is 0 Å². The summed E-state index contributed by atoms with van der Waals surface area (Å²) in [6, 6.07) is 0. The second-order valence-electron chi connectivity index (χ2n) is 3.33. The molecule has 0 aliphatic rings. The van der Waals surface area contributed by atoms with E-state index in [4.69, 9.17) is 10.5 Å². The van der Waals surface area contributed by atoms with E-state index in [0.717, 1.165) is 12.8 Å². The van der Waals surface area contributed by atoms with Crippen molar-refractivity contribution < 1.29 is 4.74 Å². The lowest BCUT2D eigenvalue weighted by Crippen LogP contribution is -2.03. The normalized spacial score (nSPS) is 10.7. The molecule has 0 fully saturated rings. The Kier molecular flexibility index (Phi) is 2.71. The van der Waals surface area contributed by atoms with Gasteiger partial charge in [0.05, 0.1) is 12.8 Å². The highest BCUT2D eigenvalue weighted by molar-refractivity contribution is 5.52. The summed E-state index contributed by atoms with van der Waals surface area (Å²) in [5.41, 5.74) is 6.36. The number of nitrogen functional groups attached to an aromatic ring is 1. The molecular formula is C10H14N4O. The van der Waals surface area contributed by atoms with Gasteiger partial charge in [0.25, 0.3) is 5.88 Å². The van der Waals surface area contributed by atoms with Gasteiger partial charge >= 0.3 is 0 Å². The molecule has 0 spiro atoms. The number of anilines is 1. The lowest BCUT2D eigenvalue weighted by Gasteiger charge is -2.06. The molecule has 0 aliphatic heterocycles. The molecule has 5 nitrogen and oxygen atoms in total. The maximum absolute atomic E-state index is 5.65. The number of hydrogen-bond acceptors (Lipinski definition) is 4. The van der Waals surface area contributed by atoms with Crippen LogP contribution < -0.4 is 10.5 Å². The number of fused-ring (bicyclic) bond motifs is 1. The average molecular weight is 206 g/mol. The summed E-state index contributed by atoms with van der Waals surface area (Å²) in [5, 5.41) is 0. The zero-order valence-electron chi connectivity index (χ0n) is 8.68.